The Morgan fingerprint density at radius 1 is 1.25 bits per heavy atom. The monoisotopic (exact) mass is 278 g/mol. The van der Waals surface area contributed by atoms with Crippen molar-refractivity contribution in [2.45, 2.75) is 38.7 Å². The highest BCUT2D eigenvalue weighted by Gasteiger charge is 2.68. The molecule has 0 amide bonds. The predicted molar refractivity (Wildman–Crippen MR) is 73.9 cm³/mol. The molecule has 4 aliphatic carbocycles. The molecule has 4 saturated carbocycles. The van der Waals surface area contributed by atoms with Crippen LogP contribution in [0.5, 0.6) is 0 Å². The number of aliphatic hydroxyl groups is 1. The minimum Gasteiger partial charge on any atom is -0.389 e. The van der Waals surface area contributed by atoms with E-state index in [4.69, 9.17) is 4.74 Å². The van der Waals surface area contributed by atoms with Crippen LogP contribution in [0.3, 0.4) is 0 Å². The van der Waals surface area contributed by atoms with Crippen LogP contribution < -0.4 is 0 Å². The summed E-state index contributed by atoms with van der Waals surface area (Å²) in [7, 11) is 0. The summed E-state index contributed by atoms with van der Waals surface area (Å²) >= 11 is 0. The van der Waals surface area contributed by atoms with E-state index in [9.17, 15) is 9.90 Å². The van der Waals surface area contributed by atoms with Gasteiger partial charge in [-0.1, -0.05) is 6.92 Å². The van der Waals surface area contributed by atoms with Gasteiger partial charge in [0.1, 0.15) is 13.2 Å². The zero-order valence-corrected chi connectivity index (χ0v) is 12.4. The SMILES string of the molecule is CC1(O)[C@@H]2C[C@@H]3C[C@@]1(C)C[C@H](C2=O)C3=[N+]1CCOCC1. The van der Waals surface area contributed by atoms with E-state index in [0.29, 0.717) is 11.7 Å². The lowest BCUT2D eigenvalue weighted by molar-refractivity contribution is -0.554. The van der Waals surface area contributed by atoms with Gasteiger partial charge in [0.25, 0.3) is 0 Å². The molecule has 5 atom stereocenters. The molecule has 1 unspecified atom stereocenters. The van der Waals surface area contributed by atoms with Gasteiger partial charge in [0.15, 0.2) is 24.6 Å². The molecule has 1 aliphatic heterocycles. The van der Waals surface area contributed by atoms with E-state index in [-0.39, 0.29) is 17.3 Å². The van der Waals surface area contributed by atoms with Crippen LogP contribution in [-0.4, -0.2) is 53.1 Å². The van der Waals surface area contributed by atoms with E-state index in [2.05, 4.69) is 11.5 Å². The molecule has 0 aromatic rings. The number of ketones is 1. The zero-order valence-electron chi connectivity index (χ0n) is 12.4. The molecule has 0 spiro atoms. The normalized spacial score (nSPS) is 51.0. The van der Waals surface area contributed by atoms with Crippen molar-refractivity contribution in [3.05, 3.63) is 0 Å². The highest BCUT2D eigenvalue weighted by molar-refractivity contribution is 6.09. The first-order valence-corrected chi connectivity index (χ1v) is 7.89. The van der Waals surface area contributed by atoms with E-state index in [1.807, 2.05) is 6.92 Å². The third-order valence-electron chi connectivity index (χ3n) is 6.61. The quantitative estimate of drug-likeness (QED) is 0.669. The third kappa shape index (κ3) is 1.44. The molecular formula is C16H24NO3+. The minimum absolute atomic E-state index is 0.0656. The maximum absolute atomic E-state index is 12.7. The molecule has 4 heteroatoms. The van der Waals surface area contributed by atoms with Crippen molar-refractivity contribution in [2.24, 2.45) is 23.2 Å². The first kappa shape index (κ1) is 13.0. The molecule has 0 aromatic heterocycles. The van der Waals surface area contributed by atoms with Gasteiger partial charge in [0, 0.05) is 11.8 Å². The van der Waals surface area contributed by atoms with Gasteiger partial charge in [-0.15, -0.1) is 0 Å². The topological polar surface area (TPSA) is 49.5 Å². The highest BCUT2D eigenvalue weighted by atomic mass is 16.5. The summed E-state index contributed by atoms with van der Waals surface area (Å²) < 4.78 is 7.85. The number of hydrogen-bond donors (Lipinski definition) is 1. The van der Waals surface area contributed by atoms with Gasteiger partial charge < -0.3 is 9.84 Å². The average Bonchev–Trinajstić information content (AvgIpc) is 2.41. The zero-order chi connectivity index (χ0) is 14.1. The van der Waals surface area contributed by atoms with E-state index in [1.54, 1.807) is 0 Å². The Hall–Kier alpha value is -0.740. The highest BCUT2D eigenvalue weighted by Crippen LogP contribution is 2.61. The molecule has 4 bridgehead atoms. The molecule has 1 N–H and O–H groups in total. The number of carbonyl (C=O) groups excluding carboxylic acids is 1. The lowest BCUT2D eigenvalue weighted by atomic mass is 9.43. The number of nitrogens with zero attached hydrogens (tertiary/aromatic N) is 1. The van der Waals surface area contributed by atoms with Crippen LogP contribution >= 0.6 is 0 Å². The van der Waals surface area contributed by atoms with Crippen LogP contribution in [0.25, 0.3) is 0 Å². The Morgan fingerprint density at radius 2 is 1.95 bits per heavy atom. The standard InChI is InChI=1S/C16H24NO3/c1-15-8-10-7-12(16(15,2)19)14(18)11(9-15)13(10)17-3-5-20-6-4-17/h10-12,19H,3-9H2,1-2H3/q+1/t10-,11+,12-,15+,16?/m1/s1. The largest absolute Gasteiger partial charge is 0.389 e. The Morgan fingerprint density at radius 3 is 2.65 bits per heavy atom. The van der Waals surface area contributed by atoms with Gasteiger partial charge in [0.05, 0.1) is 11.5 Å². The molecule has 0 aromatic carbocycles. The van der Waals surface area contributed by atoms with Crippen LogP contribution in [0.15, 0.2) is 0 Å². The van der Waals surface area contributed by atoms with Crippen molar-refractivity contribution < 1.29 is 19.2 Å². The van der Waals surface area contributed by atoms with Gasteiger partial charge in [-0.2, -0.15) is 0 Å². The third-order valence-corrected chi connectivity index (χ3v) is 6.61. The number of carbonyl (C=O) groups is 1. The first-order valence-electron chi connectivity index (χ1n) is 7.89. The fourth-order valence-corrected chi connectivity index (χ4v) is 5.31. The smallest absolute Gasteiger partial charge is 0.166 e. The van der Waals surface area contributed by atoms with Gasteiger partial charge in [-0.3, -0.25) is 4.79 Å². The summed E-state index contributed by atoms with van der Waals surface area (Å²) in [5.74, 6) is 0.718. The molecule has 20 heavy (non-hydrogen) atoms. The van der Waals surface area contributed by atoms with Crippen LogP contribution in [0.1, 0.15) is 33.1 Å². The second-order valence-corrected chi connectivity index (χ2v) is 7.58. The molecule has 5 aliphatic rings. The Kier molecular flexibility index (Phi) is 2.54. The second kappa shape index (κ2) is 3.92. The van der Waals surface area contributed by atoms with E-state index >= 15 is 0 Å². The minimum atomic E-state index is -0.812. The van der Waals surface area contributed by atoms with Crippen molar-refractivity contribution in [3.8, 4) is 0 Å². The number of Topliss-reactive ketones (excluding diaryl/α,β-unsaturated/α-hetero) is 1. The summed E-state index contributed by atoms with van der Waals surface area (Å²) in [6.07, 6.45) is 2.72. The molecule has 0 radical (unpaired) electrons. The molecule has 110 valence electrons. The average molecular weight is 278 g/mol. The lowest BCUT2D eigenvalue weighted by Gasteiger charge is -2.61. The van der Waals surface area contributed by atoms with Crippen LogP contribution in [0.4, 0.5) is 0 Å². The van der Waals surface area contributed by atoms with Gasteiger partial charge in [-0.25, -0.2) is 4.58 Å². The number of morpholine rings is 1. The fraction of sp³-hybridized carbons (Fsp3) is 0.875. The molecule has 5 fully saturated rings. The van der Waals surface area contributed by atoms with Crippen molar-refractivity contribution in [3.63, 3.8) is 0 Å². The molecule has 5 rings (SSSR count). The maximum Gasteiger partial charge on any atom is 0.166 e. The summed E-state index contributed by atoms with van der Waals surface area (Å²) in [5, 5.41) is 10.9. The van der Waals surface area contributed by atoms with Gasteiger partial charge in [-0.05, 0) is 31.6 Å². The van der Waals surface area contributed by atoms with Crippen LogP contribution in [0, 0.1) is 23.2 Å². The summed E-state index contributed by atoms with van der Waals surface area (Å²) in [6.45, 7) is 7.47. The molecule has 4 nitrogen and oxygen atoms in total. The molecule has 1 saturated heterocycles. The molecular weight excluding hydrogens is 254 g/mol. The van der Waals surface area contributed by atoms with E-state index in [1.165, 1.54) is 5.71 Å². The van der Waals surface area contributed by atoms with Crippen molar-refractivity contribution in [2.75, 3.05) is 26.3 Å². The molecule has 1 heterocycles. The predicted octanol–water partition coefficient (Wildman–Crippen LogP) is 0.856. The summed E-state index contributed by atoms with van der Waals surface area (Å²) in [4.78, 5) is 12.7. The lowest BCUT2D eigenvalue weighted by Crippen LogP contribution is -2.69. The summed E-state index contributed by atoms with van der Waals surface area (Å²) in [6, 6.07) is 0. The van der Waals surface area contributed by atoms with Gasteiger partial charge in [0.2, 0.25) is 0 Å². The van der Waals surface area contributed by atoms with Crippen molar-refractivity contribution in [1.29, 1.82) is 0 Å². The first-order chi connectivity index (χ1) is 9.44. The van der Waals surface area contributed by atoms with Crippen LogP contribution in [0.2, 0.25) is 0 Å². The van der Waals surface area contributed by atoms with Crippen molar-refractivity contribution >= 4 is 11.5 Å². The number of hydrogen-bond acceptors (Lipinski definition) is 3. The van der Waals surface area contributed by atoms with E-state index < -0.39 is 5.60 Å². The number of rotatable bonds is 0. The van der Waals surface area contributed by atoms with E-state index in [0.717, 1.165) is 45.6 Å². The fourth-order valence-electron chi connectivity index (χ4n) is 5.31. The Balaban J connectivity index is 1.78. The van der Waals surface area contributed by atoms with Crippen LogP contribution in [-0.2, 0) is 9.53 Å². The number of ether oxygens (including phenoxy) is 1. The van der Waals surface area contributed by atoms with Gasteiger partial charge >= 0.3 is 0 Å². The Bertz CT molecular complexity index is 502. The maximum atomic E-state index is 12.7. The Labute approximate surface area is 119 Å². The van der Waals surface area contributed by atoms with Crippen molar-refractivity contribution in [1.82, 2.24) is 0 Å². The second-order valence-electron chi connectivity index (χ2n) is 7.58. The summed E-state index contributed by atoms with van der Waals surface area (Å²) in [5.41, 5.74) is 0.477.